The zero-order chi connectivity index (χ0) is 15.5. The molecule has 114 valence electrons. The Bertz CT molecular complexity index is 699. The molecule has 1 heterocycles. The fourth-order valence-corrected chi connectivity index (χ4v) is 3.09. The first-order valence-electron chi connectivity index (χ1n) is 7.47. The molecule has 0 unspecified atom stereocenters. The van der Waals surface area contributed by atoms with E-state index in [0.717, 1.165) is 25.1 Å². The lowest BCUT2D eigenvalue weighted by Gasteiger charge is -2.28. The van der Waals surface area contributed by atoms with Crippen LogP contribution in [0, 0.1) is 6.92 Å². The van der Waals surface area contributed by atoms with Gasteiger partial charge in [0, 0.05) is 13.1 Å². The van der Waals surface area contributed by atoms with Crippen molar-refractivity contribution in [1.29, 1.82) is 0 Å². The molecule has 2 aromatic rings. The molecule has 22 heavy (non-hydrogen) atoms. The number of amides is 1. The maximum Gasteiger partial charge on any atom is 0.238 e. The van der Waals surface area contributed by atoms with Gasteiger partial charge in [-0.15, -0.1) is 0 Å². The van der Waals surface area contributed by atoms with Crippen LogP contribution in [0.1, 0.15) is 16.7 Å². The maximum absolute atomic E-state index is 12.2. The summed E-state index contributed by atoms with van der Waals surface area (Å²) in [5.74, 6) is -0.0230. The second-order valence-electron chi connectivity index (χ2n) is 5.76. The van der Waals surface area contributed by atoms with Crippen LogP contribution in [0.15, 0.2) is 42.5 Å². The SMILES string of the molecule is Cc1ccc(NC(=O)CN2CCc3ccccc3C2)c(Cl)c1. The molecular formula is C18H19ClN2O. The van der Waals surface area contributed by atoms with Crippen molar-refractivity contribution >= 4 is 23.2 Å². The summed E-state index contributed by atoms with van der Waals surface area (Å²) < 4.78 is 0. The molecule has 0 atom stereocenters. The Labute approximate surface area is 135 Å². The maximum atomic E-state index is 12.2. The lowest BCUT2D eigenvalue weighted by molar-refractivity contribution is -0.117. The first kappa shape index (κ1) is 15.1. The number of hydrogen-bond donors (Lipinski definition) is 1. The summed E-state index contributed by atoms with van der Waals surface area (Å²) in [5, 5.41) is 3.48. The zero-order valence-electron chi connectivity index (χ0n) is 12.6. The number of rotatable bonds is 3. The highest BCUT2D eigenvalue weighted by atomic mass is 35.5. The van der Waals surface area contributed by atoms with Crippen LogP contribution in [0.2, 0.25) is 5.02 Å². The van der Waals surface area contributed by atoms with Gasteiger partial charge < -0.3 is 5.32 Å². The molecular weight excluding hydrogens is 296 g/mol. The molecule has 0 saturated carbocycles. The van der Waals surface area contributed by atoms with E-state index in [1.54, 1.807) is 0 Å². The Morgan fingerprint density at radius 2 is 2.00 bits per heavy atom. The van der Waals surface area contributed by atoms with E-state index >= 15 is 0 Å². The van der Waals surface area contributed by atoms with Crippen molar-refractivity contribution in [1.82, 2.24) is 4.90 Å². The Balaban J connectivity index is 1.61. The molecule has 2 aromatic carbocycles. The van der Waals surface area contributed by atoms with Crippen molar-refractivity contribution in [3.63, 3.8) is 0 Å². The van der Waals surface area contributed by atoms with E-state index in [4.69, 9.17) is 11.6 Å². The van der Waals surface area contributed by atoms with Gasteiger partial charge in [-0.1, -0.05) is 41.9 Å². The van der Waals surface area contributed by atoms with Gasteiger partial charge >= 0.3 is 0 Å². The smallest absolute Gasteiger partial charge is 0.238 e. The number of benzene rings is 2. The van der Waals surface area contributed by atoms with Crippen molar-refractivity contribution in [2.24, 2.45) is 0 Å². The minimum Gasteiger partial charge on any atom is -0.324 e. The fourth-order valence-electron chi connectivity index (χ4n) is 2.80. The van der Waals surface area contributed by atoms with Crippen LogP contribution in [-0.4, -0.2) is 23.9 Å². The number of nitrogens with one attached hydrogen (secondary N) is 1. The highest BCUT2D eigenvalue weighted by molar-refractivity contribution is 6.33. The predicted molar refractivity (Wildman–Crippen MR) is 90.2 cm³/mol. The van der Waals surface area contributed by atoms with E-state index in [0.29, 0.717) is 17.3 Å². The van der Waals surface area contributed by atoms with Gasteiger partial charge in [0.25, 0.3) is 0 Å². The molecule has 0 bridgehead atoms. The Kier molecular flexibility index (Phi) is 4.46. The summed E-state index contributed by atoms with van der Waals surface area (Å²) in [4.78, 5) is 14.4. The average Bonchev–Trinajstić information content (AvgIpc) is 2.50. The minimum absolute atomic E-state index is 0.0230. The van der Waals surface area contributed by atoms with Crippen LogP contribution in [0.5, 0.6) is 0 Å². The van der Waals surface area contributed by atoms with Crippen LogP contribution in [0.3, 0.4) is 0 Å². The van der Waals surface area contributed by atoms with Gasteiger partial charge in [-0.2, -0.15) is 0 Å². The molecule has 0 saturated heterocycles. The molecule has 1 aliphatic rings. The molecule has 0 fully saturated rings. The normalized spacial score (nSPS) is 14.5. The monoisotopic (exact) mass is 314 g/mol. The lowest BCUT2D eigenvalue weighted by Crippen LogP contribution is -2.37. The van der Waals surface area contributed by atoms with E-state index in [2.05, 4.69) is 34.5 Å². The van der Waals surface area contributed by atoms with E-state index in [1.165, 1.54) is 11.1 Å². The third-order valence-electron chi connectivity index (χ3n) is 3.98. The number of hydrogen-bond acceptors (Lipinski definition) is 2. The topological polar surface area (TPSA) is 32.3 Å². The number of fused-ring (bicyclic) bond motifs is 1. The largest absolute Gasteiger partial charge is 0.324 e. The van der Waals surface area contributed by atoms with Gasteiger partial charge in [0.05, 0.1) is 17.3 Å². The van der Waals surface area contributed by atoms with Gasteiger partial charge in [-0.25, -0.2) is 0 Å². The summed E-state index contributed by atoms with van der Waals surface area (Å²) >= 11 is 6.15. The van der Waals surface area contributed by atoms with E-state index in [1.807, 2.05) is 25.1 Å². The van der Waals surface area contributed by atoms with E-state index in [-0.39, 0.29) is 5.91 Å². The first-order chi connectivity index (χ1) is 10.6. The van der Waals surface area contributed by atoms with Crippen LogP contribution in [-0.2, 0) is 17.8 Å². The summed E-state index contributed by atoms with van der Waals surface area (Å²) in [7, 11) is 0. The number of nitrogens with zero attached hydrogens (tertiary/aromatic N) is 1. The molecule has 4 heteroatoms. The zero-order valence-corrected chi connectivity index (χ0v) is 13.4. The minimum atomic E-state index is -0.0230. The Hall–Kier alpha value is -1.84. The Morgan fingerprint density at radius 1 is 1.23 bits per heavy atom. The number of aryl methyl sites for hydroxylation is 1. The van der Waals surface area contributed by atoms with Crippen molar-refractivity contribution in [2.75, 3.05) is 18.4 Å². The molecule has 1 aliphatic heterocycles. The Morgan fingerprint density at radius 3 is 2.77 bits per heavy atom. The molecule has 1 amide bonds. The highest BCUT2D eigenvalue weighted by Gasteiger charge is 2.18. The number of anilines is 1. The van der Waals surface area contributed by atoms with E-state index < -0.39 is 0 Å². The molecule has 0 aliphatic carbocycles. The number of halogens is 1. The fraction of sp³-hybridized carbons (Fsp3) is 0.278. The summed E-state index contributed by atoms with van der Waals surface area (Å²) in [6, 6.07) is 14.1. The quantitative estimate of drug-likeness (QED) is 0.938. The van der Waals surface area contributed by atoms with Crippen LogP contribution in [0.4, 0.5) is 5.69 Å². The van der Waals surface area contributed by atoms with Crippen molar-refractivity contribution in [2.45, 2.75) is 19.9 Å². The van der Waals surface area contributed by atoms with Gasteiger partial charge in [0.2, 0.25) is 5.91 Å². The van der Waals surface area contributed by atoms with Crippen LogP contribution in [0.25, 0.3) is 0 Å². The van der Waals surface area contributed by atoms with E-state index in [9.17, 15) is 4.79 Å². The van der Waals surface area contributed by atoms with Crippen LogP contribution < -0.4 is 5.32 Å². The molecule has 0 spiro atoms. The second kappa shape index (κ2) is 6.51. The van der Waals surface area contributed by atoms with Crippen molar-refractivity contribution < 1.29 is 4.79 Å². The van der Waals surface area contributed by atoms with Gasteiger partial charge in [0.15, 0.2) is 0 Å². The van der Waals surface area contributed by atoms with Gasteiger partial charge in [0.1, 0.15) is 0 Å². The lowest BCUT2D eigenvalue weighted by atomic mass is 10.00. The average molecular weight is 315 g/mol. The van der Waals surface area contributed by atoms with Gasteiger partial charge in [-0.05, 0) is 42.2 Å². The summed E-state index contributed by atoms with van der Waals surface area (Å²) in [6.07, 6.45) is 0.995. The number of carbonyl (C=O) groups is 1. The van der Waals surface area contributed by atoms with Gasteiger partial charge in [-0.3, -0.25) is 9.69 Å². The third kappa shape index (κ3) is 3.49. The molecule has 3 nitrogen and oxygen atoms in total. The first-order valence-corrected chi connectivity index (χ1v) is 7.85. The highest BCUT2D eigenvalue weighted by Crippen LogP contribution is 2.23. The van der Waals surface area contributed by atoms with Crippen LogP contribution >= 0.6 is 11.6 Å². The standard InChI is InChI=1S/C18H19ClN2O/c1-13-6-7-17(16(19)10-13)20-18(22)12-21-9-8-14-4-2-3-5-15(14)11-21/h2-7,10H,8-9,11-12H2,1H3,(H,20,22). The molecule has 0 aromatic heterocycles. The molecule has 3 rings (SSSR count). The molecule has 1 N–H and O–H groups in total. The summed E-state index contributed by atoms with van der Waals surface area (Å²) in [6.45, 7) is 4.10. The van der Waals surface area contributed by atoms with Crippen molar-refractivity contribution in [3.05, 3.63) is 64.2 Å². The molecule has 0 radical (unpaired) electrons. The van der Waals surface area contributed by atoms with Crippen molar-refractivity contribution in [3.8, 4) is 0 Å². The number of carbonyl (C=O) groups excluding carboxylic acids is 1. The second-order valence-corrected chi connectivity index (χ2v) is 6.17. The predicted octanol–water partition coefficient (Wildman–Crippen LogP) is 3.65. The summed E-state index contributed by atoms with van der Waals surface area (Å²) in [5.41, 5.74) is 4.46. The third-order valence-corrected chi connectivity index (χ3v) is 4.29.